The summed E-state index contributed by atoms with van der Waals surface area (Å²) in [4.78, 5) is 39.7. The predicted octanol–water partition coefficient (Wildman–Crippen LogP) is 0.420. The number of nitrogens with zero attached hydrogens (tertiary/aromatic N) is 2. The van der Waals surface area contributed by atoms with Gasteiger partial charge in [0.2, 0.25) is 11.8 Å². The van der Waals surface area contributed by atoms with Crippen LogP contribution in [0.15, 0.2) is 5.51 Å². The van der Waals surface area contributed by atoms with Crippen molar-refractivity contribution >= 4 is 29.2 Å². The standard InChI is InChI=1S/C9H9N3O3S/c1-5-6(16-4-10-5)3-12-8(14)2-7(13)11-9(12)15/h4H,2-3H2,1H3,(H,11,13,15). The van der Waals surface area contributed by atoms with Gasteiger partial charge in [-0.3, -0.25) is 19.8 Å². The maximum atomic E-state index is 11.5. The monoisotopic (exact) mass is 239 g/mol. The number of hydrogen-bond donors (Lipinski definition) is 1. The molecule has 1 aromatic heterocycles. The lowest BCUT2D eigenvalue weighted by molar-refractivity contribution is -0.136. The molecule has 2 rings (SSSR count). The fraction of sp³-hybridized carbons (Fsp3) is 0.333. The van der Waals surface area contributed by atoms with Gasteiger partial charge >= 0.3 is 6.03 Å². The van der Waals surface area contributed by atoms with E-state index in [4.69, 9.17) is 0 Å². The third-order valence-electron chi connectivity index (χ3n) is 2.25. The van der Waals surface area contributed by atoms with Gasteiger partial charge in [0.05, 0.1) is 17.7 Å². The number of aryl methyl sites for hydroxylation is 1. The second-order valence-corrected chi connectivity index (χ2v) is 4.31. The first-order chi connectivity index (χ1) is 7.58. The Bertz CT molecular complexity index is 448. The molecule has 0 bridgehead atoms. The number of amides is 4. The number of rotatable bonds is 2. The lowest BCUT2D eigenvalue weighted by Gasteiger charge is -2.24. The van der Waals surface area contributed by atoms with E-state index >= 15 is 0 Å². The second-order valence-electron chi connectivity index (χ2n) is 3.37. The Morgan fingerprint density at radius 3 is 2.81 bits per heavy atom. The van der Waals surface area contributed by atoms with Crippen LogP contribution >= 0.6 is 11.3 Å². The zero-order valence-electron chi connectivity index (χ0n) is 8.52. The van der Waals surface area contributed by atoms with Crippen LogP contribution in [0.3, 0.4) is 0 Å². The van der Waals surface area contributed by atoms with Crippen LogP contribution in [0.4, 0.5) is 4.79 Å². The topological polar surface area (TPSA) is 79.4 Å². The number of nitrogens with one attached hydrogen (secondary N) is 1. The molecule has 1 fully saturated rings. The van der Waals surface area contributed by atoms with Crippen LogP contribution in [0, 0.1) is 6.92 Å². The summed E-state index contributed by atoms with van der Waals surface area (Å²) in [6.07, 6.45) is -0.274. The minimum Gasteiger partial charge on any atom is -0.277 e. The van der Waals surface area contributed by atoms with Crippen molar-refractivity contribution in [2.24, 2.45) is 0 Å². The van der Waals surface area contributed by atoms with E-state index in [0.29, 0.717) is 0 Å². The number of thiazole rings is 1. The molecule has 0 atom stereocenters. The van der Waals surface area contributed by atoms with E-state index in [1.54, 1.807) is 5.51 Å². The summed E-state index contributed by atoms with van der Waals surface area (Å²) in [5.74, 6) is -1.02. The Balaban J connectivity index is 2.15. The van der Waals surface area contributed by atoms with E-state index < -0.39 is 17.8 Å². The van der Waals surface area contributed by atoms with Crippen LogP contribution in [0.25, 0.3) is 0 Å². The van der Waals surface area contributed by atoms with Crippen LogP contribution in [-0.4, -0.2) is 27.7 Å². The number of carbonyl (C=O) groups excluding carboxylic acids is 3. The normalized spacial score (nSPS) is 16.6. The Morgan fingerprint density at radius 1 is 1.50 bits per heavy atom. The SMILES string of the molecule is Cc1ncsc1CN1C(=O)CC(=O)NC1=O. The largest absolute Gasteiger partial charge is 0.331 e. The molecule has 16 heavy (non-hydrogen) atoms. The highest BCUT2D eigenvalue weighted by Crippen LogP contribution is 2.16. The summed E-state index contributed by atoms with van der Waals surface area (Å²) in [5, 5.41) is 2.10. The van der Waals surface area contributed by atoms with Gasteiger partial charge < -0.3 is 0 Å². The summed E-state index contributed by atoms with van der Waals surface area (Å²) in [6, 6.07) is -0.658. The number of aromatic nitrogens is 1. The van der Waals surface area contributed by atoms with Crippen molar-refractivity contribution in [3.8, 4) is 0 Å². The maximum absolute atomic E-state index is 11.5. The van der Waals surface area contributed by atoms with Crippen molar-refractivity contribution in [1.82, 2.24) is 15.2 Å². The molecule has 1 aromatic rings. The molecule has 0 saturated carbocycles. The maximum Gasteiger partial charge on any atom is 0.331 e. The summed E-state index contributed by atoms with van der Waals surface area (Å²) in [5.41, 5.74) is 2.45. The van der Waals surface area contributed by atoms with Gasteiger partial charge in [-0.2, -0.15) is 0 Å². The van der Waals surface area contributed by atoms with Crippen molar-refractivity contribution in [2.75, 3.05) is 0 Å². The quantitative estimate of drug-likeness (QED) is 0.758. The van der Waals surface area contributed by atoms with Crippen LogP contribution in [-0.2, 0) is 16.1 Å². The summed E-state index contributed by atoms with van der Waals surface area (Å²) in [7, 11) is 0. The highest BCUT2D eigenvalue weighted by molar-refractivity contribution is 7.09. The fourth-order valence-electron chi connectivity index (χ4n) is 1.36. The Kier molecular flexibility index (Phi) is 2.69. The van der Waals surface area contributed by atoms with Gasteiger partial charge in [-0.05, 0) is 6.92 Å². The lowest BCUT2D eigenvalue weighted by Crippen LogP contribution is -2.52. The molecule has 1 N–H and O–H groups in total. The van der Waals surface area contributed by atoms with Crippen molar-refractivity contribution in [1.29, 1.82) is 0 Å². The molecule has 0 spiro atoms. The third-order valence-corrected chi connectivity index (χ3v) is 3.17. The van der Waals surface area contributed by atoms with E-state index in [0.717, 1.165) is 15.5 Å². The minimum absolute atomic E-state index is 0.175. The van der Waals surface area contributed by atoms with Crippen LogP contribution < -0.4 is 5.32 Å². The Hall–Kier alpha value is -1.76. The molecular formula is C9H9N3O3S. The number of barbiturate groups is 1. The van der Waals surface area contributed by atoms with Crippen LogP contribution in [0.5, 0.6) is 0 Å². The smallest absolute Gasteiger partial charge is 0.277 e. The van der Waals surface area contributed by atoms with E-state index in [-0.39, 0.29) is 13.0 Å². The molecule has 84 valence electrons. The zero-order valence-corrected chi connectivity index (χ0v) is 9.34. The number of carbonyl (C=O) groups is 3. The van der Waals surface area contributed by atoms with Crippen LogP contribution in [0.2, 0.25) is 0 Å². The molecule has 0 unspecified atom stereocenters. The van der Waals surface area contributed by atoms with E-state index in [1.165, 1.54) is 11.3 Å². The van der Waals surface area contributed by atoms with Crippen molar-refractivity contribution in [3.05, 3.63) is 16.1 Å². The van der Waals surface area contributed by atoms with Gasteiger partial charge in [0.1, 0.15) is 6.42 Å². The lowest BCUT2D eigenvalue weighted by atomic mass is 10.2. The number of imide groups is 2. The van der Waals surface area contributed by atoms with Crippen molar-refractivity contribution < 1.29 is 14.4 Å². The van der Waals surface area contributed by atoms with Crippen molar-refractivity contribution in [2.45, 2.75) is 19.9 Å². The molecule has 1 aliphatic rings. The Labute approximate surface area is 95.3 Å². The number of hydrogen-bond acceptors (Lipinski definition) is 5. The first-order valence-electron chi connectivity index (χ1n) is 4.61. The van der Waals surface area contributed by atoms with Gasteiger partial charge in [0.25, 0.3) is 0 Å². The average Bonchev–Trinajstić information content (AvgIpc) is 2.57. The summed E-state index contributed by atoms with van der Waals surface area (Å²) < 4.78 is 0. The summed E-state index contributed by atoms with van der Waals surface area (Å²) in [6.45, 7) is 1.98. The fourth-order valence-corrected chi connectivity index (χ4v) is 2.12. The molecule has 1 aliphatic heterocycles. The highest BCUT2D eigenvalue weighted by Gasteiger charge is 2.31. The molecule has 2 heterocycles. The molecule has 6 nitrogen and oxygen atoms in total. The van der Waals surface area contributed by atoms with Gasteiger partial charge in [0.15, 0.2) is 0 Å². The van der Waals surface area contributed by atoms with E-state index in [1.807, 2.05) is 6.92 Å². The highest BCUT2D eigenvalue weighted by atomic mass is 32.1. The first-order valence-corrected chi connectivity index (χ1v) is 5.49. The van der Waals surface area contributed by atoms with Gasteiger partial charge in [-0.15, -0.1) is 11.3 Å². The van der Waals surface area contributed by atoms with Gasteiger partial charge in [0, 0.05) is 4.88 Å². The van der Waals surface area contributed by atoms with E-state index in [2.05, 4.69) is 10.3 Å². The number of urea groups is 1. The van der Waals surface area contributed by atoms with Gasteiger partial charge in [-0.1, -0.05) is 0 Å². The van der Waals surface area contributed by atoms with Crippen LogP contribution in [0.1, 0.15) is 17.0 Å². The summed E-state index contributed by atoms with van der Waals surface area (Å²) >= 11 is 1.38. The van der Waals surface area contributed by atoms with E-state index in [9.17, 15) is 14.4 Å². The Morgan fingerprint density at radius 2 is 2.25 bits per heavy atom. The molecule has 7 heteroatoms. The predicted molar refractivity (Wildman–Crippen MR) is 55.6 cm³/mol. The second kappa shape index (κ2) is 4.01. The minimum atomic E-state index is -0.658. The third kappa shape index (κ3) is 1.94. The van der Waals surface area contributed by atoms with Gasteiger partial charge in [-0.25, -0.2) is 9.78 Å². The molecule has 0 aliphatic carbocycles. The molecular weight excluding hydrogens is 230 g/mol. The molecule has 4 amide bonds. The molecule has 1 saturated heterocycles. The molecule has 0 aromatic carbocycles. The molecule has 0 radical (unpaired) electrons. The van der Waals surface area contributed by atoms with Crippen molar-refractivity contribution in [3.63, 3.8) is 0 Å². The first kappa shape index (κ1) is 10.7. The zero-order chi connectivity index (χ0) is 11.7. The average molecular weight is 239 g/mol.